The molecule has 4 aromatic rings. The first-order chi connectivity index (χ1) is 11.7. The van der Waals surface area contributed by atoms with E-state index >= 15 is 0 Å². The van der Waals surface area contributed by atoms with E-state index in [4.69, 9.17) is 5.26 Å². The van der Waals surface area contributed by atoms with Gasteiger partial charge < -0.3 is 0 Å². The van der Waals surface area contributed by atoms with Crippen LogP contribution in [-0.4, -0.2) is 34.3 Å². The van der Waals surface area contributed by atoms with E-state index in [9.17, 15) is 4.79 Å². The number of aromatic amines is 1. The zero-order valence-electron chi connectivity index (χ0n) is 12.4. The van der Waals surface area contributed by atoms with Crippen LogP contribution in [0.1, 0.15) is 22.7 Å². The van der Waals surface area contributed by atoms with E-state index in [2.05, 4.69) is 27.2 Å². The van der Waals surface area contributed by atoms with E-state index in [0.29, 0.717) is 5.56 Å². The number of H-pyrrole nitrogens is 1. The van der Waals surface area contributed by atoms with Gasteiger partial charge in [0.25, 0.3) is 0 Å². The summed E-state index contributed by atoms with van der Waals surface area (Å²) in [5.74, 6) is 0. The van der Waals surface area contributed by atoms with E-state index in [1.165, 1.54) is 6.33 Å². The minimum atomic E-state index is -0.205. The first-order valence-corrected chi connectivity index (χ1v) is 8.93. The van der Waals surface area contributed by atoms with Gasteiger partial charge in [0.1, 0.15) is 0 Å². The summed E-state index contributed by atoms with van der Waals surface area (Å²) in [5.41, 5.74) is 3.54. The Morgan fingerprint density at radius 2 is 1.96 bits per heavy atom. The molecule has 0 aliphatic rings. The molecule has 1 atom stereocenters. The van der Waals surface area contributed by atoms with Crippen molar-refractivity contribution in [2.75, 3.05) is 0 Å². The number of hydrogen-bond donors (Lipinski definition) is 1. The Balaban J connectivity index is 1.87. The second kappa shape index (κ2) is 5.93. The van der Waals surface area contributed by atoms with Gasteiger partial charge in [0.05, 0.1) is 0 Å². The van der Waals surface area contributed by atoms with Gasteiger partial charge in [0.15, 0.2) is 0 Å². The van der Waals surface area contributed by atoms with Gasteiger partial charge in [-0.1, -0.05) is 0 Å². The molecule has 0 amide bonds. The van der Waals surface area contributed by atoms with Gasteiger partial charge in [-0.25, -0.2) is 0 Å². The number of benzene rings is 2. The molecule has 24 heavy (non-hydrogen) atoms. The van der Waals surface area contributed by atoms with Crippen molar-refractivity contribution in [3.63, 3.8) is 0 Å². The van der Waals surface area contributed by atoms with Crippen LogP contribution in [0.4, 0.5) is 0 Å². The third-order valence-corrected chi connectivity index (χ3v) is 5.59. The number of fused-ring (bicyclic) bond motifs is 1. The Bertz CT molecular complexity index is 1090. The van der Waals surface area contributed by atoms with Crippen LogP contribution in [0.3, 0.4) is 0 Å². The summed E-state index contributed by atoms with van der Waals surface area (Å²) >= 11 is -0.205. The Hall–Kier alpha value is -2.94. The second-order valence-electron chi connectivity index (χ2n) is 5.28. The fourth-order valence-electron chi connectivity index (χ4n) is 2.72. The molecule has 0 saturated heterocycles. The Kier molecular flexibility index (Phi) is 3.62. The van der Waals surface area contributed by atoms with Crippen molar-refractivity contribution in [2.45, 2.75) is 6.04 Å². The fourth-order valence-corrected chi connectivity index (χ4v) is 4.37. The molecule has 0 aliphatic carbocycles. The molecule has 0 fully saturated rings. The van der Waals surface area contributed by atoms with Crippen LogP contribution >= 0.6 is 0 Å². The molecule has 2 aromatic heterocycles. The van der Waals surface area contributed by atoms with E-state index in [1.54, 1.807) is 23.1 Å². The van der Waals surface area contributed by atoms with Crippen LogP contribution in [-0.2, 0) is 0 Å². The number of hydrogen-bond acceptors (Lipinski definition) is 4. The predicted octanol–water partition coefficient (Wildman–Crippen LogP) is 1.69. The minimum absolute atomic E-state index is 0.0744. The molecule has 2 aromatic carbocycles. The van der Waals surface area contributed by atoms with Crippen molar-refractivity contribution in [2.24, 2.45) is 0 Å². The topological polar surface area (TPSA) is 87.4 Å². The standard InChI is InChI=1S/C17H11N5OSe/c18-8-11-1-3-12(4-2-11)16(22-10-19-9-20-22)13-5-6-14-15(7-13)24-17(23)21-14/h1-7,9-10,16H,(H,21,23). The number of nitrogens with one attached hydrogen (secondary N) is 1. The molecule has 116 valence electrons. The molecule has 4 rings (SSSR count). The molecule has 0 saturated carbocycles. The third kappa shape index (κ3) is 2.58. The number of nitrogens with zero attached hydrogens (tertiary/aromatic N) is 4. The summed E-state index contributed by atoms with van der Waals surface area (Å²) in [5, 5.41) is 13.3. The summed E-state index contributed by atoms with van der Waals surface area (Å²) in [4.78, 5) is 18.5. The Morgan fingerprint density at radius 1 is 1.17 bits per heavy atom. The van der Waals surface area contributed by atoms with Crippen LogP contribution in [0, 0.1) is 11.3 Å². The predicted molar refractivity (Wildman–Crippen MR) is 89.9 cm³/mol. The Morgan fingerprint density at radius 3 is 2.67 bits per heavy atom. The third-order valence-electron chi connectivity index (χ3n) is 3.82. The first kappa shape index (κ1) is 14.6. The SMILES string of the molecule is N#Cc1ccc(C(c2ccc3[nH]c(=O)[se]c3c2)n2cncn2)cc1. The molecule has 6 nitrogen and oxygen atoms in total. The summed E-state index contributed by atoms with van der Waals surface area (Å²) < 4.78 is 2.90. The molecule has 0 radical (unpaired) electrons. The first-order valence-electron chi connectivity index (χ1n) is 7.21. The van der Waals surface area contributed by atoms with E-state index in [-0.39, 0.29) is 25.0 Å². The number of nitriles is 1. The van der Waals surface area contributed by atoms with Gasteiger partial charge in [-0.2, -0.15) is 0 Å². The van der Waals surface area contributed by atoms with Crippen molar-refractivity contribution < 1.29 is 0 Å². The van der Waals surface area contributed by atoms with Crippen molar-refractivity contribution in [3.05, 3.63) is 81.0 Å². The fraction of sp³-hybridized carbons (Fsp3) is 0.0588. The molecule has 0 bridgehead atoms. The van der Waals surface area contributed by atoms with Crippen molar-refractivity contribution in [1.29, 1.82) is 5.26 Å². The average Bonchev–Trinajstić information content (AvgIpc) is 3.24. The zero-order chi connectivity index (χ0) is 16.5. The van der Waals surface area contributed by atoms with Crippen molar-refractivity contribution in [1.82, 2.24) is 19.7 Å². The van der Waals surface area contributed by atoms with Gasteiger partial charge in [-0.05, 0) is 0 Å². The van der Waals surface area contributed by atoms with Crippen LogP contribution in [0.15, 0.2) is 59.9 Å². The quantitative estimate of drug-likeness (QED) is 0.548. The normalized spacial score (nSPS) is 12.1. The molecule has 0 spiro atoms. The van der Waals surface area contributed by atoms with E-state index in [1.807, 2.05) is 24.3 Å². The molecule has 1 N–H and O–H groups in total. The maximum atomic E-state index is 11.6. The maximum absolute atomic E-state index is 11.6. The summed E-state index contributed by atoms with van der Waals surface area (Å²) in [6.07, 6.45) is 3.17. The van der Waals surface area contributed by atoms with Crippen molar-refractivity contribution in [3.8, 4) is 6.07 Å². The van der Waals surface area contributed by atoms with Crippen LogP contribution in [0.5, 0.6) is 0 Å². The second-order valence-corrected chi connectivity index (χ2v) is 7.41. The van der Waals surface area contributed by atoms with Gasteiger partial charge in [-0.3, -0.25) is 0 Å². The van der Waals surface area contributed by atoms with Gasteiger partial charge in [-0.15, -0.1) is 0 Å². The molecule has 0 aliphatic heterocycles. The molecular weight excluding hydrogens is 369 g/mol. The van der Waals surface area contributed by atoms with Gasteiger partial charge in [0, 0.05) is 0 Å². The summed E-state index contributed by atoms with van der Waals surface area (Å²) in [7, 11) is 0. The molecule has 1 unspecified atom stereocenters. The zero-order valence-corrected chi connectivity index (χ0v) is 14.1. The van der Waals surface area contributed by atoms with Crippen LogP contribution in [0.25, 0.3) is 9.78 Å². The summed E-state index contributed by atoms with van der Waals surface area (Å²) in [6, 6.07) is 15.4. The average molecular weight is 380 g/mol. The molecule has 2 heterocycles. The molecular formula is C17H11N5OSe. The Labute approximate surface area is 142 Å². The van der Waals surface area contributed by atoms with Crippen molar-refractivity contribution >= 4 is 24.3 Å². The van der Waals surface area contributed by atoms with Gasteiger partial charge >= 0.3 is 142 Å². The number of aromatic nitrogens is 4. The van der Waals surface area contributed by atoms with Gasteiger partial charge in [0.2, 0.25) is 0 Å². The molecule has 7 heteroatoms. The number of rotatable bonds is 3. The van der Waals surface area contributed by atoms with Crippen LogP contribution in [0.2, 0.25) is 0 Å². The van der Waals surface area contributed by atoms with E-state index < -0.39 is 0 Å². The monoisotopic (exact) mass is 381 g/mol. The van der Waals surface area contributed by atoms with E-state index in [0.717, 1.165) is 20.9 Å². The van der Waals surface area contributed by atoms with Crippen LogP contribution < -0.4 is 4.43 Å². The summed E-state index contributed by atoms with van der Waals surface area (Å²) in [6.45, 7) is 0.